The van der Waals surface area contributed by atoms with Gasteiger partial charge in [0, 0.05) is 0 Å². The van der Waals surface area contributed by atoms with Gasteiger partial charge in [-0.1, -0.05) is 30.3 Å². The Morgan fingerprint density at radius 2 is 1.67 bits per heavy atom. The summed E-state index contributed by atoms with van der Waals surface area (Å²) in [5, 5.41) is 9.77. The number of fused-ring (bicyclic) bond motifs is 1. The number of hydrogen-bond acceptors (Lipinski definition) is 2. The van der Waals surface area contributed by atoms with Crippen molar-refractivity contribution >= 4 is 10.8 Å². The molecule has 0 heterocycles. The van der Waals surface area contributed by atoms with E-state index in [0.717, 1.165) is 0 Å². The second-order valence-electron chi connectivity index (χ2n) is 3.88. The number of nitrogens with zero attached hydrogens (tertiary/aromatic N) is 1. The van der Waals surface area contributed by atoms with Gasteiger partial charge in [0.05, 0.1) is 11.6 Å². The van der Waals surface area contributed by atoms with Crippen molar-refractivity contribution in [2.45, 2.75) is 12.2 Å². The van der Waals surface area contributed by atoms with Crippen LogP contribution in [0, 0.1) is 11.3 Å². The average Bonchev–Trinajstić information content (AvgIpc) is 2.35. The van der Waals surface area contributed by atoms with E-state index in [-0.39, 0.29) is 5.56 Å². The lowest BCUT2D eigenvalue weighted by molar-refractivity contribution is -0.148. The first-order valence-electron chi connectivity index (χ1n) is 5.19. The Morgan fingerprint density at radius 3 is 2.22 bits per heavy atom. The molecule has 0 radical (unpaired) electrons. The maximum absolute atomic E-state index is 12.7. The summed E-state index contributed by atoms with van der Waals surface area (Å²) < 4.78 is 38.0. The molecule has 0 spiro atoms. The Morgan fingerprint density at radius 1 is 1.06 bits per heavy atom. The maximum atomic E-state index is 12.7. The van der Waals surface area contributed by atoms with Gasteiger partial charge in [-0.05, 0) is 22.4 Å². The van der Waals surface area contributed by atoms with E-state index < -0.39 is 12.2 Å². The molecular formula is C13H9F3N2. The molecule has 18 heavy (non-hydrogen) atoms. The van der Waals surface area contributed by atoms with E-state index in [2.05, 4.69) is 0 Å². The number of benzene rings is 2. The fourth-order valence-electron chi connectivity index (χ4n) is 1.87. The van der Waals surface area contributed by atoms with Gasteiger partial charge in [-0.15, -0.1) is 0 Å². The molecule has 0 fully saturated rings. The van der Waals surface area contributed by atoms with E-state index in [1.807, 2.05) is 6.07 Å². The zero-order valence-corrected chi connectivity index (χ0v) is 9.20. The van der Waals surface area contributed by atoms with Crippen molar-refractivity contribution in [1.29, 1.82) is 5.26 Å². The third-order valence-electron chi connectivity index (χ3n) is 2.77. The molecule has 2 N–H and O–H groups in total. The molecule has 5 heteroatoms. The minimum absolute atomic E-state index is 0.0166. The summed E-state index contributed by atoms with van der Waals surface area (Å²) in [5.74, 6) is 0. The Hall–Kier alpha value is -2.06. The van der Waals surface area contributed by atoms with E-state index in [1.165, 1.54) is 18.2 Å². The molecule has 92 valence electrons. The molecule has 1 atom stereocenters. The van der Waals surface area contributed by atoms with Crippen molar-refractivity contribution in [3.05, 3.63) is 47.5 Å². The van der Waals surface area contributed by atoms with Crippen LogP contribution in [-0.4, -0.2) is 6.18 Å². The van der Waals surface area contributed by atoms with Gasteiger partial charge in [0.15, 0.2) is 0 Å². The highest BCUT2D eigenvalue weighted by Gasteiger charge is 2.38. The van der Waals surface area contributed by atoms with Crippen molar-refractivity contribution in [1.82, 2.24) is 0 Å². The van der Waals surface area contributed by atoms with Gasteiger partial charge < -0.3 is 5.73 Å². The van der Waals surface area contributed by atoms with Crippen LogP contribution in [0.1, 0.15) is 17.2 Å². The molecule has 0 aromatic heterocycles. The third kappa shape index (κ3) is 2.03. The third-order valence-corrected chi connectivity index (χ3v) is 2.77. The van der Waals surface area contributed by atoms with Crippen LogP contribution in [-0.2, 0) is 0 Å². The molecule has 0 unspecified atom stereocenters. The van der Waals surface area contributed by atoms with Crippen LogP contribution in [0.5, 0.6) is 0 Å². The number of rotatable bonds is 1. The topological polar surface area (TPSA) is 49.8 Å². The van der Waals surface area contributed by atoms with Crippen molar-refractivity contribution < 1.29 is 13.2 Å². The molecule has 0 aliphatic heterocycles. The predicted octanol–water partition coefficient (Wildman–Crippen LogP) is 3.27. The lowest BCUT2D eigenvalue weighted by Crippen LogP contribution is -2.28. The molecule has 2 aromatic carbocycles. The van der Waals surface area contributed by atoms with Gasteiger partial charge >= 0.3 is 6.18 Å². The first kappa shape index (κ1) is 12.4. The van der Waals surface area contributed by atoms with E-state index >= 15 is 0 Å². The Balaban J connectivity index is 2.72. The van der Waals surface area contributed by atoms with Crippen molar-refractivity contribution in [2.24, 2.45) is 5.73 Å². The summed E-state index contributed by atoms with van der Waals surface area (Å²) in [6.07, 6.45) is -4.50. The minimum atomic E-state index is -4.50. The number of halogens is 3. The van der Waals surface area contributed by atoms with Crippen LogP contribution in [0.25, 0.3) is 10.8 Å². The monoisotopic (exact) mass is 250 g/mol. The Labute approximate surface area is 101 Å². The quantitative estimate of drug-likeness (QED) is 0.844. The van der Waals surface area contributed by atoms with Crippen LogP contribution < -0.4 is 5.73 Å². The lowest BCUT2D eigenvalue weighted by atomic mass is 9.96. The molecule has 2 aromatic rings. The van der Waals surface area contributed by atoms with E-state index in [1.54, 1.807) is 18.2 Å². The number of nitriles is 1. The number of alkyl halides is 3. The smallest absolute Gasteiger partial charge is 0.316 e. The summed E-state index contributed by atoms with van der Waals surface area (Å²) in [6, 6.07) is 8.98. The normalized spacial score (nSPS) is 13.3. The second-order valence-corrected chi connectivity index (χ2v) is 3.88. The van der Waals surface area contributed by atoms with Crippen LogP contribution in [0.15, 0.2) is 36.4 Å². The van der Waals surface area contributed by atoms with Crippen molar-refractivity contribution in [3.8, 4) is 6.07 Å². The van der Waals surface area contributed by atoms with Crippen molar-refractivity contribution in [2.75, 3.05) is 0 Å². The molecule has 2 nitrogen and oxygen atoms in total. The Kier molecular flexibility index (Phi) is 2.97. The molecule has 0 saturated carbocycles. The molecule has 0 aliphatic carbocycles. The summed E-state index contributed by atoms with van der Waals surface area (Å²) in [4.78, 5) is 0. The number of hydrogen-bond donors (Lipinski definition) is 1. The molecule has 0 saturated heterocycles. The molecule has 0 amide bonds. The van der Waals surface area contributed by atoms with Crippen LogP contribution in [0.2, 0.25) is 0 Å². The van der Waals surface area contributed by atoms with Gasteiger partial charge in [0.1, 0.15) is 6.04 Å². The molecule has 0 aliphatic rings. The summed E-state index contributed by atoms with van der Waals surface area (Å²) >= 11 is 0. The van der Waals surface area contributed by atoms with E-state index in [9.17, 15) is 13.2 Å². The maximum Gasteiger partial charge on any atom is 0.407 e. The highest BCUT2D eigenvalue weighted by molar-refractivity contribution is 5.91. The zero-order chi connectivity index (χ0) is 13.3. The van der Waals surface area contributed by atoms with Gasteiger partial charge in [-0.3, -0.25) is 0 Å². The van der Waals surface area contributed by atoms with Gasteiger partial charge in [0.25, 0.3) is 0 Å². The Bertz CT molecular complexity index is 626. The SMILES string of the molecule is N#Cc1ccc([C@H](N)C(F)(F)F)c2ccccc12. The van der Waals surface area contributed by atoms with Gasteiger partial charge in [-0.2, -0.15) is 18.4 Å². The standard InChI is InChI=1S/C13H9F3N2/c14-13(15,16)12(18)11-6-5-8(7-17)9-3-1-2-4-10(9)11/h1-6,12H,18H2/t12-/m0/s1. The van der Waals surface area contributed by atoms with Gasteiger partial charge in [-0.25, -0.2) is 0 Å². The second kappa shape index (κ2) is 4.31. The minimum Gasteiger partial charge on any atom is -0.316 e. The molecule has 2 rings (SSSR count). The number of nitrogens with two attached hydrogens (primary N) is 1. The van der Waals surface area contributed by atoms with Crippen LogP contribution >= 0.6 is 0 Å². The summed E-state index contributed by atoms with van der Waals surface area (Å²) in [6.45, 7) is 0. The predicted molar refractivity (Wildman–Crippen MR) is 61.6 cm³/mol. The first-order valence-corrected chi connectivity index (χ1v) is 5.19. The molecule has 0 bridgehead atoms. The van der Waals surface area contributed by atoms with Crippen LogP contribution in [0.3, 0.4) is 0 Å². The van der Waals surface area contributed by atoms with E-state index in [4.69, 9.17) is 11.0 Å². The fourth-order valence-corrected chi connectivity index (χ4v) is 1.87. The highest BCUT2D eigenvalue weighted by atomic mass is 19.4. The van der Waals surface area contributed by atoms with Crippen LogP contribution in [0.4, 0.5) is 13.2 Å². The van der Waals surface area contributed by atoms with Crippen molar-refractivity contribution in [3.63, 3.8) is 0 Å². The van der Waals surface area contributed by atoms with Gasteiger partial charge in [0.2, 0.25) is 0 Å². The lowest BCUT2D eigenvalue weighted by Gasteiger charge is -2.18. The summed E-state index contributed by atoms with van der Waals surface area (Å²) in [5.41, 5.74) is 5.54. The van der Waals surface area contributed by atoms with E-state index in [0.29, 0.717) is 16.3 Å². The molecular weight excluding hydrogens is 241 g/mol. The average molecular weight is 250 g/mol. The fraction of sp³-hybridized carbons (Fsp3) is 0.154. The highest BCUT2D eigenvalue weighted by Crippen LogP contribution is 2.35. The largest absolute Gasteiger partial charge is 0.407 e. The first-order chi connectivity index (χ1) is 8.45. The summed E-state index contributed by atoms with van der Waals surface area (Å²) in [7, 11) is 0. The zero-order valence-electron chi connectivity index (χ0n) is 9.20.